The lowest BCUT2D eigenvalue weighted by atomic mass is 10.1. The summed E-state index contributed by atoms with van der Waals surface area (Å²) in [6, 6.07) is 6.27. The molecule has 2 unspecified atom stereocenters. The van der Waals surface area contributed by atoms with Gasteiger partial charge in [-0.3, -0.25) is 10.1 Å². The Kier molecular flexibility index (Phi) is 1.75. The monoisotopic (exact) mass is 180 g/mol. The van der Waals surface area contributed by atoms with Crippen LogP contribution in [-0.4, -0.2) is 21.7 Å². The highest BCUT2D eigenvalue weighted by Crippen LogP contribution is 2.37. The van der Waals surface area contributed by atoms with Crippen molar-refractivity contribution in [2.45, 2.75) is 6.04 Å². The predicted octanol–water partition coefficient (Wildman–Crippen LogP) is 1.34. The molecular weight excluding hydrogens is 172 g/mol. The summed E-state index contributed by atoms with van der Waals surface area (Å²) in [6.45, 7) is 0.477. The van der Waals surface area contributed by atoms with Crippen LogP contribution in [0.15, 0.2) is 24.3 Å². The number of hydrogen-bond donors (Lipinski definition) is 1. The maximum absolute atomic E-state index is 10.6. The molecule has 5 nitrogen and oxygen atoms in total. The van der Waals surface area contributed by atoms with Gasteiger partial charge in [-0.1, -0.05) is 18.2 Å². The van der Waals surface area contributed by atoms with Crippen LogP contribution >= 0.6 is 0 Å². The van der Waals surface area contributed by atoms with E-state index in [4.69, 9.17) is 5.21 Å². The molecule has 1 saturated heterocycles. The van der Waals surface area contributed by atoms with Crippen LogP contribution < -0.4 is 0 Å². The highest BCUT2D eigenvalue weighted by atomic mass is 16.6. The van der Waals surface area contributed by atoms with Crippen molar-refractivity contribution < 1.29 is 10.1 Å². The van der Waals surface area contributed by atoms with Gasteiger partial charge in [-0.05, 0) is 0 Å². The van der Waals surface area contributed by atoms with Crippen LogP contribution in [0.2, 0.25) is 0 Å². The first kappa shape index (κ1) is 8.15. The Morgan fingerprint density at radius 1 is 1.54 bits per heavy atom. The van der Waals surface area contributed by atoms with Gasteiger partial charge in [0.15, 0.2) is 0 Å². The van der Waals surface area contributed by atoms with Gasteiger partial charge in [-0.2, -0.15) is 5.06 Å². The van der Waals surface area contributed by atoms with Gasteiger partial charge in [-0.25, -0.2) is 0 Å². The molecule has 2 atom stereocenters. The van der Waals surface area contributed by atoms with E-state index in [2.05, 4.69) is 0 Å². The summed E-state index contributed by atoms with van der Waals surface area (Å²) >= 11 is 0. The summed E-state index contributed by atoms with van der Waals surface area (Å²) in [5.74, 6) is 0. The van der Waals surface area contributed by atoms with Crippen molar-refractivity contribution in [3.63, 3.8) is 0 Å². The van der Waals surface area contributed by atoms with Crippen LogP contribution in [0.5, 0.6) is 0 Å². The number of nitro groups is 1. The van der Waals surface area contributed by atoms with Gasteiger partial charge in [-0.15, -0.1) is 0 Å². The Labute approximate surface area is 74.3 Å². The highest BCUT2D eigenvalue weighted by molar-refractivity contribution is 5.43. The first-order valence-corrected chi connectivity index (χ1v) is 3.89. The zero-order chi connectivity index (χ0) is 9.42. The van der Waals surface area contributed by atoms with Crippen molar-refractivity contribution in [1.29, 1.82) is 0 Å². The quantitative estimate of drug-likeness (QED) is 0.423. The van der Waals surface area contributed by atoms with Crippen LogP contribution in [-0.2, 0) is 0 Å². The molecule has 0 spiro atoms. The van der Waals surface area contributed by atoms with E-state index in [0.29, 0.717) is 12.1 Å². The third kappa shape index (κ3) is 1.39. The standard InChI is InChI=1S/C8H8N2O3/c11-9-5-8(9)6-3-1-2-4-7(6)10(12)13/h1-4,8,11H,5H2. The molecule has 1 N–H and O–H groups in total. The Morgan fingerprint density at radius 3 is 2.69 bits per heavy atom. The minimum Gasteiger partial charge on any atom is -0.313 e. The summed E-state index contributed by atoms with van der Waals surface area (Å²) in [5.41, 5.74) is 0.652. The number of hydroxylamine groups is 2. The molecule has 1 aromatic carbocycles. The molecule has 2 rings (SSSR count). The van der Waals surface area contributed by atoms with E-state index in [0.717, 1.165) is 5.06 Å². The summed E-state index contributed by atoms with van der Waals surface area (Å²) in [6.07, 6.45) is 0. The smallest absolute Gasteiger partial charge is 0.274 e. The first-order valence-electron chi connectivity index (χ1n) is 3.89. The molecule has 1 aromatic rings. The van der Waals surface area contributed by atoms with E-state index in [1.54, 1.807) is 18.2 Å². The highest BCUT2D eigenvalue weighted by Gasteiger charge is 2.38. The van der Waals surface area contributed by atoms with Gasteiger partial charge in [0, 0.05) is 12.6 Å². The lowest BCUT2D eigenvalue weighted by molar-refractivity contribution is -0.385. The van der Waals surface area contributed by atoms with Crippen molar-refractivity contribution in [3.05, 3.63) is 39.9 Å². The molecule has 0 saturated carbocycles. The summed E-state index contributed by atoms with van der Waals surface area (Å²) < 4.78 is 0. The van der Waals surface area contributed by atoms with E-state index in [1.807, 2.05) is 0 Å². The van der Waals surface area contributed by atoms with Crippen molar-refractivity contribution >= 4 is 5.69 Å². The maximum Gasteiger partial charge on any atom is 0.274 e. The van der Waals surface area contributed by atoms with Gasteiger partial charge >= 0.3 is 0 Å². The van der Waals surface area contributed by atoms with E-state index in [-0.39, 0.29) is 11.7 Å². The topological polar surface area (TPSA) is 66.4 Å². The molecule has 0 bridgehead atoms. The summed E-state index contributed by atoms with van der Waals surface area (Å²) in [7, 11) is 0. The Balaban J connectivity index is 2.38. The summed E-state index contributed by atoms with van der Waals surface area (Å²) in [5, 5.41) is 20.6. The fourth-order valence-electron chi connectivity index (χ4n) is 1.32. The zero-order valence-corrected chi connectivity index (χ0v) is 6.75. The fraction of sp³-hybridized carbons (Fsp3) is 0.250. The number of para-hydroxylation sites is 1. The van der Waals surface area contributed by atoms with E-state index >= 15 is 0 Å². The van der Waals surface area contributed by atoms with Crippen molar-refractivity contribution in [1.82, 2.24) is 5.06 Å². The molecule has 13 heavy (non-hydrogen) atoms. The van der Waals surface area contributed by atoms with Gasteiger partial charge < -0.3 is 5.21 Å². The molecule has 0 amide bonds. The number of nitrogens with zero attached hydrogens (tertiary/aromatic N) is 2. The molecule has 68 valence electrons. The number of benzene rings is 1. The van der Waals surface area contributed by atoms with E-state index in [1.165, 1.54) is 6.07 Å². The fourth-order valence-corrected chi connectivity index (χ4v) is 1.32. The minimum absolute atomic E-state index is 0.0732. The third-order valence-corrected chi connectivity index (χ3v) is 2.08. The molecule has 1 heterocycles. The van der Waals surface area contributed by atoms with Crippen LogP contribution in [0.4, 0.5) is 5.69 Å². The van der Waals surface area contributed by atoms with Crippen LogP contribution in [0, 0.1) is 10.1 Å². The number of rotatable bonds is 2. The minimum atomic E-state index is -0.429. The lowest BCUT2D eigenvalue weighted by Crippen LogP contribution is -1.96. The molecule has 5 heteroatoms. The second-order valence-electron chi connectivity index (χ2n) is 2.95. The number of hydrogen-bond acceptors (Lipinski definition) is 4. The van der Waals surface area contributed by atoms with Crippen LogP contribution in [0.25, 0.3) is 0 Å². The van der Waals surface area contributed by atoms with Gasteiger partial charge in [0.25, 0.3) is 5.69 Å². The SMILES string of the molecule is O=[N+]([O-])c1ccccc1C1CN1O. The average molecular weight is 180 g/mol. The Morgan fingerprint density at radius 2 is 2.15 bits per heavy atom. The molecule has 0 aliphatic carbocycles. The molecule has 1 aliphatic heterocycles. The largest absolute Gasteiger partial charge is 0.313 e. The molecule has 1 aliphatic rings. The molecule has 1 fully saturated rings. The van der Waals surface area contributed by atoms with E-state index < -0.39 is 4.92 Å². The Hall–Kier alpha value is -1.46. The van der Waals surface area contributed by atoms with Gasteiger partial charge in [0.1, 0.15) is 0 Å². The first-order chi connectivity index (χ1) is 6.20. The average Bonchev–Trinajstić information content (AvgIpc) is 2.82. The Bertz CT molecular complexity index is 353. The predicted molar refractivity (Wildman–Crippen MR) is 44.3 cm³/mol. The van der Waals surface area contributed by atoms with Gasteiger partial charge in [0.2, 0.25) is 0 Å². The maximum atomic E-state index is 10.6. The van der Waals surface area contributed by atoms with E-state index in [9.17, 15) is 10.1 Å². The van der Waals surface area contributed by atoms with Crippen molar-refractivity contribution in [2.24, 2.45) is 0 Å². The second kappa shape index (κ2) is 2.79. The van der Waals surface area contributed by atoms with Crippen LogP contribution in [0.3, 0.4) is 0 Å². The molecule has 0 aromatic heterocycles. The van der Waals surface area contributed by atoms with Gasteiger partial charge in [0.05, 0.1) is 16.5 Å². The van der Waals surface area contributed by atoms with Crippen LogP contribution in [0.1, 0.15) is 11.6 Å². The number of nitro benzene ring substituents is 1. The normalized spacial score (nSPS) is 25.6. The zero-order valence-electron chi connectivity index (χ0n) is 6.75. The lowest BCUT2D eigenvalue weighted by Gasteiger charge is -1.98. The molecular formula is C8H8N2O3. The summed E-state index contributed by atoms with van der Waals surface area (Å²) in [4.78, 5) is 10.1. The van der Waals surface area contributed by atoms with Crippen molar-refractivity contribution in [2.75, 3.05) is 6.54 Å². The molecule has 0 radical (unpaired) electrons. The second-order valence-corrected chi connectivity index (χ2v) is 2.95. The third-order valence-electron chi connectivity index (χ3n) is 2.08. The van der Waals surface area contributed by atoms with Crippen molar-refractivity contribution in [3.8, 4) is 0 Å².